The van der Waals surface area contributed by atoms with Crippen molar-refractivity contribution in [2.75, 3.05) is 0 Å². The first-order valence-corrected chi connectivity index (χ1v) is 6.56. The zero-order valence-corrected chi connectivity index (χ0v) is 12.5. The van der Waals surface area contributed by atoms with E-state index in [-0.39, 0.29) is 0 Å². The number of hydrogen-bond donors (Lipinski definition) is 0. The van der Waals surface area contributed by atoms with Gasteiger partial charge in [0.15, 0.2) is 0 Å². The van der Waals surface area contributed by atoms with E-state index in [1.807, 2.05) is 0 Å². The van der Waals surface area contributed by atoms with Crippen molar-refractivity contribution in [3.05, 3.63) is 0 Å². The van der Waals surface area contributed by atoms with E-state index in [4.69, 9.17) is 0 Å². The van der Waals surface area contributed by atoms with Gasteiger partial charge in [-0.2, -0.15) is 57.6 Å². The number of alkyl halides is 14. The first kappa shape index (κ1) is 25.9. The van der Waals surface area contributed by atoms with Gasteiger partial charge in [-0.15, -0.1) is 0 Å². The molecular formula is C11H9F15O. The Morgan fingerprint density at radius 1 is 0.556 bits per heavy atom. The summed E-state index contributed by atoms with van der Waals surface area (Å²) in [6.45, 7) is 0. The Kier molecular flexibility index (Phi) is 7.42. The first-order chi connectivity index (χ1) is 11.6. The van der Waals surface area contributed by atoms with Crippen molar-refractivity contribution in [3.63, 3.8) is 0 Å². The lowest BCUT2D eigenvalue weighted by Gasteiger charge is -2.32. The zero-order chi connectivity index (χ0) is 22.1. The topological polar surface area (TPSA) is 9.23 Å². The number of halogens is 15. The van der Waals surface area contributed by atoms with Crippen LogP contribution < -0.4 is 0 Å². The van der Waals surface area contributed by atoms with Gasteiger partial charge in [0.1, 0.15) is 6.10 Å². The van der Waals surface area contributed by atoms with Crippen LogP contribution >= 0.6 is 0 Å². The maximum Gasteiger partial charge on any atom is 0.431 e. The summed E-state index contributed by atoms with van der Waals surface area (Å²) in [5, 5.41) is 0. The average Bonchev–Trinajstić information content (AvgIpc) is 2.40. The predicted molar refractivity (Wildman–Crippen MR) is 56.3 cm³/mol. The van der Waals surface area contributed by atoms with Crippen LogP contribution in [0.1, 0.15) is 25.7 Å². The lowest BCUT2D eigenvalue weighted by molar-refractivity contribution is -0.354. The summed E-state index contributed by atoms with van der Waals surface area (Å²) in [7, 11) is 0. The highest BCUT2D eigenvalue weighted by Crippen LogP contribution is 2.51. The molecule has 16 heteroatoms. The number of hydrogen-bond acceptors (Lipinski definition) is 1. The van der Waals surface area contributed by atoms with Crippen molar-refractivity contribution in [1.29, 1.82) is 0 Å². The minimum Gasteiger partial charge on any atom is -0.224 e. The van der Waals surface area contributed by atoms with Crippen molar-refractivity contribution in [1.82, 2.24) is 0 Å². The van der Waals surface area contributed by atoms with Crippen LogP contribution in [-0.4, -0.2) is 42.1 Å². The number of rotatable bonds is 7. The largest absolute Gasteiger partial charge is 0.431 e. The molecule has 0 N–H and O–H groups in total. The standard InChI is InChI=1S/C11H9F15O/c12-6(8(14,15)16,9(17,18)19)3-1-2-5(27-26)4-7(13,10(20,21)22)11(23,24)25/h5H,1-4H2. The Labute approximate surface area is 140 Å². The van der Waals surface area contributed by atoms with Gasteiger partial charge < -0.3 is 0 Å². The maximum atomic E-state index is 13.4. The van der Waals surface area contributed by atoms with Crippen molar-refractivity contribution in [2.45, 2.75) is 67.8 Å². The van der Waals surface area contributed by atoms with Gasteiger partial charge in [-0.05, 0) is 23.8 Å². The fraction of sp³-hybridized carbons (Fsp3) is 1.00. The average molecular weight is 442 g/mol. The van der Waals surface area contributed by atoms with E-state index in [2.05, 4.69) is 4.94 Å². The molecule has 1 nitrogen and oxygen atoms in total. The third-order valence-corrected chi connectivity index (χ3v) is 3.48. The maximum absolute atomic E-state index is 13.4. The summed E-state index contributed by atoms with van der Waals surface area (Å²) in [6.07, 6.45) is -38.2. The van der Waals surface area contributed by atoms with Gasteiger partial charge >= 0.3 is 30.4 Å². The summed E-state index contributed by atoms with van der Waals surface area (Å²) in [6, 6.07) is 0. The summed E-state index contributed by atoms with van der Waals surface area (Å²) in [5.74, 6) is 0. The van der Waals surface area contributed by atoms with E-state index in [9.17, 15) is 66.0 Å². The highest BCUT2D eigenvalue weighted by molar-refractivity contribution is 4.97. The molecule has 164 valence electrons. The molecule has 0 aliphatic heterocycles. The van der Waals surface area contributed by atoms with Crippen LogP contribution in [0, 0.1) is 0 Å². The minimum absolute atomic E-state index is 1.70. The van der Waals surface area contributed by atoms with E-state index < -0.39 is 67.8 Å². The minimum atomic E-state index is -6.65. The molecular weight excluding hydrogens is 433 g/mol. The zero-order valence-electron chi connectivity index (χ0n) is 12.5. The fourth-order valence-corrected chi connectivity index (χ4v) is 1.90. The summed E-state index contributed by atoms with van der Waals surface area (Å²) < 4.78 is 186. The quantitative estimate of drug-likeness (QED) is 0.410. The molecule has 0 bridgehead atoms. The van der Waals surface area contributed by atoms with Crippen LogP contribution in [0.3, 0.4) is 0 Å². The van der Waals surface area contributed by atoms with Crippen molar-refractivity contribution >= 4 is 0 Å². The molecule has 1 unspecified atom stereocenters. The molecule has 0 saturated carbocycles. The molecule has 0 rings (SSSR count). The summed E-state index contributed by atoms with van der Waals surface area (Å²) in [4.78, 5) is 2.60. The monoisotopic (exact) mass is 442 g/mol. The van der Waals surface area contributed by atoms with Gasteiger partial charge in [0.05, 0.1) is 0 Å². The Hall–Kier alpha value is -1.09. The Morgan fingerprint density at radius 2 is 0.889 bits per heavy atom. The Bertz CT molecular complexity index is 442. The molecule has 0 heterocycles. The van der Waals surface area contributed by atoms with Crippen LogP contribution in [-0.2, 0) is 4.94 Å². The molecule has 0 saturated heterocycles. The molecule has 0 aromatic carbocycles. The van der Waals surface area contributed by atoms with E-state index in [1.165, 1.54) is 0 Å². The molecule has 0 aromatic rings. The molecule has 27 heavy (non-hydrogen) atoms. The molecule has 0 aliphatic carbocycles. The van der Waals surface area contributed by atoms with Crippen molar-refractivity contribution < 1.29 is 70.9 Å². The van der Waals surface area contributed by atoms with Gasteiger partial charge in [0, 0.05) is 6.42 Å². The predicted octanol–water partition coefficient (Wildman–Crippen LogP) is 6.48. The van der Waals surface area contributed by atoms with Gasteiger partial charge in [0.25, 0.3) is 5.67 Å². The van der Waals surface area contributed by atoms with E-state index in [1.54, 1.807) is 0 Å². The smallest absolute Gasteiger partial charge is 0.224 e. The first-order valence-electron chi connectivity index (χ1n) is 6.56. The van der Waals surface area contributed by atoms with E-state index in [0.29, 0.717) is 0 Å². The van der Waals surface area contributed by atoms with Gasteiger partial charge in [-0.1, -0.05) is 0 Å². The van der Waals surface area contributed by atoms with Crippen LogP contribution in [0.4, 0.5) is 66.0 Å². The second-order valence-corrected chi connectivity index (χ2v) is 5.40. The van der Waals surface area contributed by atoms with Crippen molar-refractivity contribution in [2.24, 2.45) is 0 Å². The van der Waals surface area contributed by atoms with E-state index in [0.717, 1.165) is 0 Å². The normalized spacial score (nSPS) is 16.6. The third-order valence-electron chi connectivity index (χ3n) is 3.48. The van der Waals surface area contributed by atoms with Crippen LogP contribution in [0.5, 0.6) is 0 Å². The van der Waals surface area contributed by atoms with Crippen LogP contribution in [0.25, 0.3) is 0 Å². The molecule has 1 atom stereocenters. The SMILES string of the molecule is FOC(CCCC(F)(C(F)(F)F)C(F)(F)F)CC(F)(C(F)(F)F)C(F)(F)F. The molecule has 0 fully saturated rings. The second-order valence-electron chi connectivity index (χ2n) is 5.40. The summed E-state index contributed by atoms with van der Waals surface area (Å²) >= 11 is 0. The summed E-state index contributed by atoms with van der Waals surface area (Å²) in [5.41, 5.74) is -11.9. The molecule has 0 spiro atoms. The molecule has 0 amide bonds. The second kappa shape index (κ2) is 7.73. The molecule has 0 aromatic heterocycles. The fourth-order valence-electron chi connectivity index (χ4n) is 1.90. The van der Waals surface area contributed by atoms with Crippen LogP contribution in [0.2, 0.25) is 0 Å². The lowest BCUT2D eigenvalue weighted by atomic mass is 9.91. The Balaban J connectivity index is 5.32. The van der Waals surface area contributed by atoms with E-state index >= 15 is 0 Å². The van der Waals surface area contributed by atoms with Gasteiger partial charge in [0.2, 0.25) is 0 Å². The highest BCUT2D eigenvalue weighted by Gasteiger charge is 2.73. The van der Waals surface area contributed by atoms with Gasteiger partial charge in [-0.3, -0.25) is 0 Å². The molecule has 0 aliphatic rings. The van der Waals surface area contributed by atoms with Gasteiger partial charge in [-0.25, -0.2) is 8.78 Å². The Morgan fingerprint density at radius 3 is 1.15 bits per heavy atom. The lowest BCUT2D eigenvalue weighted by Crippen LogP contribution is -2.55. The molecule has 0 radical (unpaired) electrons. The van der Waals surface area contributed by atoms with Crippen molar-refractivity contribution in [3.8, 4) is 0 Å². The highest BCUT2D eigenvalue weighted by atomic mass is 19.4. The third kappa shape index (κ3) is 5.47. The van der Waals surface area contributed by atoms with Crippen LogP contribution in [0.15, 0.2) is 0 Å².